The third kappa shape index (κ3) is 6.38. The fourth-order valence-corrected chi connectivity index (χ4v) is 1.18. The largest absolute Gasteiger partial charge is 0.480 e. The molecule has 0 heterocycles. The molecule has 0 fully saturated rings. The summed E-state index contributed by atoms with van der Waals surface area (Å²) in [6, 6.07) is -2.05. The van der Waals surface area contributed by atoms with Crippen LogP contribution in [0, 0.1) is 0 Å². The van der Waals surface area contributed by atoms with Crippen LogP contribution in [0.2, 0.25) is 0 Å². The molecule has 0 rings (SSSR count). The first kappa shape index (κ1) is 16.6. The Labute approximate surface area is 105 Å². The SMILES string of the molecule is COCC(CNC(=O)N[C@H](C(=O)O)[C@@H](C)O)OC. The lowest BCUT2D eigenvalue weighted by Crippen LogP contribution is -2.52. The summed E-state index contributed by atoms with van der Waals surface area (Å²) in [7, 11) is 2.97. The molecule has 2 amide bonds. The Hall–Kier alpha value is -1.38. The van der Waals surface area contributed by atoms with Gasteiger partial charge < -0.3 is 30.3 Å². The van der Waals surface area contributed by atoms with Gasteiger partial charge in [0.1, 0.15) is 0 Å². The standard InChI is InChI=1S/C10H20N2O6/c1-6(13)8(9(14)15)12-10(16)11-4-7(18-3)5-17-2/h6-8,13H,4-5H2,1-3H3,(H,14,15)(H2,11,12,16)/t6-,7?,8+/m1/s1. The summed E-state index contributed by atoms with van der Waals surface area (Å²) >= 11 is 0. The van der Waals surface area contributed by atoms with Crippen LogP contribution in [0.25, 0.3) is 0 Å². The molecule has 0 radical (unpaired) electrons. The van der Waals surface area contributed by atoms with Crippen LogP contribution in [0.3, 0.4) is 0 Å². The molecule has 3 atom stereocenters. The van der Waals surface area contributed by atoms with Crippen LogP contribution < -0.4 is 10.6 Å². The molecular weight excluding hydrogens is 244 g/mol. The number of urea groups is 1. The van der Waals surface area contributed by atoms with Gasteiger partial charge in [0.25, 0.3) is 0 Å². The Morgan fingerprint density at radius 2 is 1.94 bits per heavy atom. The van der Waals surface area contributed by atoms with Crippen molar-refractivity contribution in [3.05, 3.63) is 0 Å². The normalized spacial score (nSPS) is 15.6. The Balaban J connectivity index is 4.13. The van der Waals surface area contributed by atoms with Crippen molar-refractivity contribution in [3.8, 4) is 0 Å². The Morgan fingerprint density at radius 3 is 2.33 bits per heavy atom. The van der Waals surface area contributed by atoms with Crippen LogP contribution in [0.1, 0.15) is 6.92 Å². The zero-order valence-corrected chi connectivity index (χ0v) is 10.7. The van der Waals surface area contributed by atoms with E-state index in [0.717, 1.165) is 0 Å². The first-order valence-corrected chi connectivity index (χ1v) is 5.39. The molecule has 8 nitrogen and oxygen atoms in total. The predicted octanol–water partition coefficient (Wildman–Crippen LogP) is -1.22. The van der Waals surface area contributed by atoms with Crippen LogP contribution in [0.5, 0.6) is 0 Å². The number of amides is 2. The molecule has 0 aromatic rings. The van der Waals surface area contributed by atoms with Crippen molar-refractivity contribution in [2.45, 2.75) is 25.2 Å². The summed E-state index contributed by atoms with van der Waals surface area (Å²) in [6.45, 7) is 1.75. The zero-order valence-electron chi connectivity index (χ0n) is 10.7. The molecule has 0 aliphatic rings. The van der Waals surface area contributed by atoms with Gasteiger partial charge in [-0.05, 0) is 6.92 Å². The number of hydrogen-bond donors (Lipinski definition) is 4. The van der Waals surface area contributed by atoms with Crippen LogP contribution in [-0.2, 0) is 14.3 Å². The molecule has 0 aromatic heterocycles. The van der Waals surface area contributed by atoms with Crippen LogP contribution in [0.15, 0.2) is 0 Å². The van der Waals surface area contributed by atoms with E-state index in [-0.39, 0.29) is 12.6 Å². The monoisotopic (exact) mass is 264 g/mol. The van der Waals surface area contributed by atoms with Crippen molar-refractivity contribution in [2.75, 3.05) is 27.4 Å². The lowest BCUT2D eigenvalue weighted by Gasteiger charge is -2.19. The number of carboxylic acid groups (broad SMARTS) is 1. The first-order valence-electron chi connectivity index (χ1n) is 5.39. The molecule has 8 heteroatoms. The van der Waals surface area contributed by atoms with Gasteiger partial charge in [-0.2, -0.15) is 0 Å². The van der Waals surface area contributed by atoms with Crippen molar-refractivity contribution in [3.63, 3.8) is 0 Å². The number of hydrogen-bond acceptors (Lipinski definition) is 5. The Kier molecular flexibility index (Phi) is 8.01. The summed E-state index contributed by atoms with van der Waals surface area (Å²) in [5, 5.41) is 22.5. The molecule has 0 aliphatic heterocycles. The van der Waals surface area contributed by atoms with Crippen molar-refractivity contribution >= 4 is 12.0 Å². The number of nitrogens with one attached hydrogen (secondary N) is 2. The van der Waals surface area contributed by atoms with E-state index in [4.69, 9.17) is 14.6 Å². The van der Waals surface area contributed by atoms with Crippen molar-refractivity contribution < 1.29 is 29.3 Å². The molecule has 0 saturated heterocycles. The molecule has 0 aromatic carbocycles. The zero-order chi connectivity index (χ0) is 14.1. The van der Waals surface area contributed by atoms with Crippen LogP contribution >= 0.6 is 0 Å². The number of carbonyl (C=O) groups is 2. The Morgan fingerprint density at radius 1 is 1.33 bits per heavy atom. The number of carbonyl (C=O) groups excluding carboxylic acids is 1. The molecule has 1 unspecified atom stereocenters. The fourth-order valence-electron chi connectivity index (χ4n) is 1.18. The van der Waals surface area contributed by atoms with Crippen molar-refractivity contribution in [1.82, 2.24) is 10.6 Å². The number of rotatable bonds is 8. The van der Waals surface area contributed by atoms with Gasteiger partial charge in [-0.15, -0.1) is 0 Å². The molecule has 106 valence electrons. The van der Waals surface area contributed by atoms with Crippen molar-refractivity contribution in [2.24, 2.45) is 0 Å². The summed E-state index contributed by atoms with van der Waals surface area (Å²) in [5.74, 6) is -1.31. The smallest absolute Gasteiger partial charge is 0.328 e. The molecule has 0 spiro atoms. The van der Waals surface area contributed by atoms with E-state index in [0.29, 0.717) is 6.61 Å². The lowest BCUT2D eigenvalue weighted by atomic mass is 10.2. The average Bonchev–Trinajstić information content (AvgIpc) is 2.30. The van der Waals surface area contributed by atoms with E-state index in [2.05, 4.69) is 10.6 Å². The van der Waals surface area contributed by atoms with Gasteiger partial charge in [0.05, 0.1) is 18.8 Å². The number of aliphatic carboxylic acids is 1. The van der Waals surface area contributed by atoms with Crippen molar-refractivity contribution in [1.29, 1.82) is 0 Å². The van der Waals surface area contributed by atoms with E-state index in [1.807, 2.05) is 0 Å². The summed E-state index contributed by atoms with van der Waals surface area (Å²) in [6.07, 6.45) is -1.51. The molecule has 0 bridgehead atoms. The van der Waals surface area contributed by atoms with Gasteiger partial charge in [-0.1, -0.05) is 0 Å². The molecular formula is C10H20N2O6. The van der Waals surface area contributed by atoms with Gasteiger partial charge >= 0.3 is 12.0 Å². The van der Waals surface area contributed by atoms with Gasteiger partial charge in [-0.3, -0.25) is 0 Å². The molecule has 4 N–H and O–H groups in total. The van der Waals surface area contributed by atoms with E-state index in [1.165, 1.54) is 21.1 Å². The maximum Gasteiger partial charge on any atom is 0.328 e. The molecule has 0 saturated carbocycles. The van der Waals surface area contributed by atoms with E-state index < -0.39 is 24.1 Å². The van der Waals surface area contributed by atoms with Gasteiger partial charge in [-0.25, -0.2) is 9.59 Å². The summed E-state index contributed by atoms with van der Waals surface area (Å²) in [4.78, 5) is 22.1. The number of aliphatic hydroxyl groups is 1. The van der Waals surface area contributed by atoms with Gasteiger partial charge in [0, 0.05) is 20.8 Å². The highest BCUT2D eigenvalue weighted by Crippen LogP contribution is 1.93. The average molecular weight is 264 g/mol. The van der Waals surface area contributed by atoms with E-state index in [1.54, 1.807) is 0 Å². The predicted molar refractivity (Wildman–Crippen MR) is 62.3 cm³/mol. The first-order chi connectivity index (χ1) is 8.42. The second kappa shape index (κ2) is 8.67. The Bertz CT molecular complexity index is 271. The van der Waals surface area contributed by atoms with E-state index >= 15 is 0 Å². The maximum atomic E-state index is 11.4. The highest BCUT2D eigenvalue weighted by Gasteiger charge is 2.25. The lowest BCUT2D eigenvalue weighted by molar-refractivity contribution is -0.141. The minimum absolute atomic E-state index is 0.169. The van der Waals surface area contributed by atoms with Gasteiger partial charge in [0.2, 0.25) is 0 Å². The maximum absolute atomic E-state index is 11.4. The number of carboxylic acids is 1. The number of methoxy groups -OCH3 is 2. The van der Waals surface area contributed by atoms with Crippen LogP contribution in [0.4, 0.5) is 4.79 Å². The minimum atomic E-state index is -1.35. The molecule has 0 aliphatic carbocycles. The highest BCUT2D eigenvalue weighted by atomic mass is 16.5. The fraction of sp³-hybridized carbons (Fsp3) is 0.800. The van der Waals surface area contributed by atoms with E-state index in [9.17, 15) is 14.7 Å². The third-order valence-corrected chi connectivity index (χ3v) is 2.21. The summed E-state index contributed by atoms with van der Waals surface area (Å²) in [5.41, 5.74) is 0. The highest BCUT2D eigenvalue weighted by molar-refractivity contribution is 5.82. The van der Waals surface area contributed by atoms with Crippen LogP contribution in [-0.4, -0.2) is 67.8 Å². The quantitative estimate of drug-likeness (QED) is 0.436. The third-order valence-electron chi connectivity index (χ3n) is 2.21. The summed E-state index contributed by atoms with van der Waals surface area (Å²) < 4.78 is 9.86. The minimum Gasteiger partial charge on any atom is -0.480 e. The number of ether oxygens (including phenoxy) is 2. The second-order valence-corrected chi connectivity index (χ2v) is 3.72. The topological polar surface area (TPSA) is 117 Å². The second-order valence-electron chi connectivity index (χ2n) is 3.72. The molecule has 18 heavy (non-hydrogen) atoms. The number of aliphatic hydroxyl groups excluding tert-OH is 1. The van der Waals surface area contributed by atoms with Gasteiger partial charge in [0.15, 0.2) is 6.04 Å².